The number of fused-ring (bicyclic) bond motifs is 4. The lowest BCUT2D eigenvalue weighted by molar-refractivity contribution is -0.0658. The second kappa shape index (κ2) is 18.4. The summed E-state index contributed by atoms with van der Waals surface area (Å²) in [5.41, 5.74) is 11.3. The molecule has 0 radical (unpaired) electrons. The minimum atomic E-state index is -0.820. The van der Waals surface area contributed by atoms with Crippen molar-refractivity contribution in [1.82, 2.24) is 49.5 Å². The van der Waals surface area contributed by atoms with E-state index in [1.165, 1.54) is 12.7 Å². The van der Waals surface area contributed by atoms with Crippen molar-refractivity contribution >= 4 is 87.9 Å². The number of hydrogen-bond acceptors (Lipinski definition) is 20. The molecular weight excluding hydrogens is 937 g/mol. The SMILES string of the molecule is COc1nn(C)cc1-c1cc(O[C@H]2COC[C@@H]2OCOc2nn(C)cc2-c2cc(O[C@@H]3COC[C@H]3O)c3c(Nc4ccc5ncsc5c4)ncnc3c2)c2c(Nc3ccc4ncsc4c3)ncnc2c1. The molecule has 12 rings (SSSR count). The van der Waals surface area contributed by atoms with E-state index in [1.54, 1.807) is 39.1 Å². The predicted octanol–water partition coefficient (Wildman–Crippen LogP) is 7.43. The molecule has 0 spiro atoms. The van der Waals surface area contributed by atoms with E-state index in [0.717, 1.165) is 42.9 Å². The fraction of sp³-hybridized carbons (Fsp3) is 0.250. The van der Waals surface area contributed by atoms with E-state index in [1.807, 2.05) is 98.2 Å². The lowest BCUT2D eigenvalue weighted by atomic mass is 10.0. The summed E-state index contributed by atoms with van der Waals surface area (Å²) < 4.78 is 48.7. The Balaban J connectivity index is 0.823. The second-order valence-electron chi connectivity index (χ2n) is 16.7. The van der Waals surface area contributed by atoms with Gasteiger partial charge in [0.25, 0.3) is 0 Å². The van der Waals surface area contributed by atoms with Crippen LogP contribution in [0.4, 0.5) is 23.0 Å². The molecule has 354 valence electrons. The maximum absolute atomic E-state index is 10.8. The van der Waals surface area contributed by atoms with Gasteiger partial charge in [-0.05, 0) is 71.8 Å². The van der Waals surface area contributed by atoms with Crippen molar-refractivity contribution in [3.63, 3.8) is 0 Å². The van der Waals surface area contributed by atoms with Crippen LogP contribution in [0.3, 0.4) is 0 Å². The average Bonchev–Trinajstić information content (AvgIpc) is 4.24. The number of nitrogens with one attached hydrogen (secondary N) is 2. The zero-order valence-corrected chi connectivity index (χ0v) is 39.3. The van der Waals surface area contributed by atoms with Crippen LogP contribution in [0.2, 0.25) is 0 Å². The summed E-state index contributed by atoms with van der Waals surface area (Å²) in [6, 6.07) is 19.6. The van der Waals surface area contributed by atoms with Gasteiger partial charge in [0.2, 0.25) is 11.8 Å². The van der Waals surface area contributed by atoms with E-state index in [0.29, 0.717) is 67.8 Å². The summed E-state index contributed by atoms with van der Waals surface area (Å²) in [6.45, 7) is 0.712. The molecule has 3 N–H and O–H groups in total. The van der Waals surface area contributed by atoms with Crippen LogP contribution in [0.15, 0.2) is 96.7 Å². The minimum absolute atomic E-state index is 0.166. The van der Waals surface area contributed by atoms with Crippen molar-refractivity contribution in [2.45, 2.75) is 24.4 Å². The molecule has 0 amide bonds. The van der Waals surface area contributed by atoms with Crippen LogP contribution in [0.5, 0.6) is 23.3 Å². The van der Waals surface area contributed by atoms with Crippen molar-refractivity contribution < 1.29 is 38.3 Å². The van der Waals surface area contributed by atoms with E-state index in [2.05, 4.69) is 45.8 Å². The third-order valence-corrected chi connectivity index (χ3v) is 13.6. The number of aryl methyl sites for hydroxylation is 2. The molecule has 20 nitrogen and oxygen atoms in total. The molecule has 2 aliphatic heterocycles. The normalized spacial score (nSPS) is 18.1. The molecular formula is C48H42N12O8S2. The van der Waals surface area contributed by atoms with Crippen LogP contribution in [-0.4, -0.2) is 119 Å². The van der Waals surface area contributed by atoms with Gasteiger partial charge in [0.05, 0.1) is 97.9 Å². The minimum Gasteiger partial charge on any atom is -0.484 e. The molecule has 4 aromatic carbocycles. The highest BCUT2D eigenvalue weighted by atomic mass is 32.1. The number of thiazole rings is 2. The monoisotopic (exact) mass is 978 g/mol. The standard InChI is InChI=1S/C48H42N12O8S2/c1-59-14-29(47(57-59)62-3)25-8-33-44(46(52-20-49-33)56-28-5-7-32-42(13-28)70-23-54-32)37(10-25)68-40-19-64-18-39(40)65-24-66-48-30(15-60(2)58-48)26-9-34-43(36(11-26)67-38-17-63-16-35(38)61)45(51-21-50-34)55-27-4-6-31-41(12-27)69-22-53-31/h4-15,20-23,35,38-40,61H,16-19,24H2,1-3H3,(H,49,52,56)(H,50,51,55)/t35-,38-,39+,40+/m1/s1. The smallest absolute Gasteiger partial charge is 0.242 e. The number of rotatable bonds is 15. The van der Waals surface area contributed by atoms with Crippen LogP contribution in [0.1, 0.15) is 0 Å². The highest BCUT2D eigenvalue weighted by molar-refractivity contribution is 7.17. The number of anilines is 4. The fourth-order valence-electron chi connectivity index (χ4n) is 8.64. The van der Waals surface area contributed by atoms with Crippen molar-refractivity contribution in [2.24, 2.45) is 14.1 Å². The number of ether oxygens (including phenoxy) is 7. The van der Waals surface area contributed by atoms with Crippen LogP contribution in [0, 0.1) is 0 Å². The Labute approximate surface area is 405 Å². The first-order valence-electron chi connectivity index (χ1n) is 22.1. The number of hydrogen-bond donors (Lipinski definition) is 3. The number of aromatic nitrogens is 10. The molecule has 0 saturated carbocycles. The van der Waals surface area contributed by atoms with Gasteiger partial charge >= 0.3 is 0 Å². The lowest BCUT2D eigenvalue weighted by Gasteiger charge is -2.22. The number of aliphatic hydroxyl groups is 1. The van der Waals surface area contributed by atoms with Gasteiger partial charge in [0.1, 0.15) is 54.1 Å². The molecule has 8 heterocycles. The zero-order valence-electron chi connectivity index (χ0n) is 37.7. The van der Waals surface area contributed by atoms with Gasteiger partial charge in [-0.15, -0.1) is 32.9 Å². The van der Waals surface area contributed by atoms with Crippen LogP contribution in [-0.2, 0) is 28.3 Å². The van der Waals surface area contributed by atoms with E-state index < -0.39 is 24.4 Å². The fourth-order valence-corrected chi connectivity index (χ4v) is 10.1. The van der Waals surface area contributed by atoms with Crippen LogP contribution < -0.4 is 29.6 Å². The molecule has 4 atom stereocenters. The van der Waals surface area contributed by atoms with Gasteiger partial charge in [-0.1, -0.05) is 0 Å². The number of benzene rings is 4. The van der Waals surface area contributed by atoms with Gasteiger partial charge in [-0.3, -0.25) is 9.36 Å². The molecule has 22 heteroatoms. The summed E-state index contributed by atoms with van der Waals surface area (Å²) >= 11 is 3.12. The highest BCUT2D eigenvalue weighted by Gasteiger charge is 2.34. The molecule has 2 saturated heterocycles. The second-order valence-corrected chi connectivity index (χ2v) is 18.4. The average molecular weight is 979 g/mol. The van der Waals surface area contributed by atoms with Crippen molar-refractivity contribution in [1.29, 1.82) is 0 Å². The van der Waals surface area contributed by atoms with Crippen LogP contribution in [0.25, 0.3) is 64.5 Å². The number of nitrogens with zero attached hydrogens (tertiary/aromatic N) is 10. The molecule has 0 bridgehead atoms. The Morgan fingerprint density at radius 2 is 1.17 bits per heavy atom. The molecule has 0 unspecified atom stereocenters. The summed E-state index contributed by atoms with van der Waals surface area (Å²) in [7, 11) is 5.24. The third kappa shape index (κ3) is 8.49. The van der Waals surface area contributed by atoms with Crippen molar-refractivity contribution in [3.8, 4) is 45.5 Å². The third-order valence-electron chi connectivity index (χ3n) is 12.0. The molecule has 70 heavy (non-hydrogen) atoms. The summed E-state index contributed by atoms with van der Waals surface area (Å²) in [5, 5.41) is 28.1. The Kier molecular flexibility index (Phi) is 11.5. The first kappa shape index (κ1) is 43.7. The van der Waals surface area contributed by atoms with E-state index in [4.69, 9.17) is 38.1 Å². The van der Waals surface area contributed by atoms with Crippen LogP contribution >= 0.6 is 22.7 Å². The number of methoxy groups -OCH3 is 1. The van der Waals surface area contributed by atoms with E-state index >= 15 is 0 Å². The molecule has 6 aromatic heterocycles. The summed E-state index contributed by atoms with van der Waals surface area (Å²) in [5.74, 6) is 2.81. The topological polar surface area (TPSA) is 222 Å². The Morgan fingerprint density at radius 1 is 0.629 bits per heavy atom. The van der Waals surface area contributed by atoms with Gasteiger partial charge < -0.3 is 48.9 Å². The first-order valence-corrected chi connectivity index (χ1v) is 23.9. The summed E-state index contributed by atoms with van der Waals surface area (Å²) in [6.07, 6.45) is 4.23. The quantitative estimate of drug-likeness (QED) is 0.0850. The largest absolute Gasteiger partial charge is 0.484 e. The Hall–Kier alpha value is -7.60. The molecule has 2 aliphatic rings. The van der Waals surface area contributed by atoms with Gasteiger partial charge in [-0.2, -0.15) is 0 Å². The maximum atomic E-state index is 10.8. The van der Waals surface area contributed by atoms with Gasteiger partial charge in [0, 0.05) is 37.9 Å². The van der Waals surface area contributed by atoms with Crippen molar-refractivity contribution in [3.05, 3.63) is 96.7 Å². The first-order chi connectivity index (χ1) is 34.3. The predicted molar refractivity (Wildman–Crippen MR) is 263 cm³/mol. The Bertz CT molecular complexity index is 3560. The van der Waals surface area contributed by atoms with Gasteiger partial charge in [0.15, 0.2) is 12.9 Å². The van der Waals surface area contributed by atoms with Crippen molar-refractivity contribution in [2.75, 3.05) is 51.0 Å². The maximum Gasteiger partial charge on any atom is 0.242 e. The lowest BCUT2D eigenvalue weighted by Crippen LogP contribution is -2.33. The molecule has 10 aromatic rings. The molecule has 2 fully saturated rings. The van der Waals surface area contributed by atoms with E-state index in [-0.39, 0.29) is 33.2 Å². The van der Waals surface area contributed by atoms with E-state index in [9.17, 15) is 5.11 Å². The Morgan fingerprint density at radius 3 is 1.76 bits per heavy atom. The molecule has 0 aliphatic carbocycles. The summed E-state index contributed by atoms with van der Waals surface area (Å²) in [4.78, 5) is 27.5. The number of aliphatic hydroxyl groups excluding tert-OH is 1. The van der Waals surface area contributed by atoms with Gasteiger partial charge in [-0.25, -0.2) is 29.9 Å². The highest BCUT2D eigenvalue weighted by Crippen LogP contribution is 2.42. The zero-order chi connectivity index (χ0) is 47.3.